The van der Waals surface area contributed by atoms with Crippen LogP contribution in [0, 0.1) is 0 Å². The number of halogens is 3. The summed E-state index contributed by atoms with van der Waals surface area (Å²) in [5, 5.41) is 1.73. The largest absolute Gasteiger partial charge is 0.405 e. The Morgan fingerprint density at radius 3 is 2.67 bits per heavy atom. The van der Waals surface area contributed by atoms with Crippen LogP contribution in [0.15, 0.2) is 29.2 Å². The summed E-state index contributed by atoms with van der Waals surface area (Å²) in [6.07, 6.45) is -2.06. The number of amides is 1. The molecule has 0 radical (unpaired) electrons. The molecule has 1 unspecified atom stereocenters. The van der Waals surface area contributed by atoms with Crippen molar-refractivity contribution in [2.75, 3.05) is 13.1 Å². The molecular weight excluding hydrogens is 345 g/mol. The van der Waals surface area contributed by atoms with Gasteiger partial charge in [-0.3, -0.25) is 4.79 Å². The van der Waals surface area contributed by atoms with Crippen molar-refractivity contribution in [3.05, 3.63) is 29.8 Å². The minimum atomic E-state index is -4.53. The average Bonchev–Trinajstić information content (AvgIpc) is 2.52. The first-order valence-electron chi connectivity index (χ1n) is 7.58. The standard InChI is InChI=1S/C15H19F3N2O3S/c1-11-5-2-3-8-20(11)24(22,23)13-7-4-6-12(9-13)14(21)19-10-15(16,17)18/h4,6-7,9,11H,2-3,5,8,10H2,1H3,(H,19,21). The quantitative estimate of drug-likeness (QED) is 0.893. The van der Waals surface area contributed by atoms with Crippen LogP contribution in [0.4, 0.5) is 13.2 Å². The van der Waals surface area contributed by atoms with E-state index in [-0.39, 0.29) is 16.5 Å². The molecule has 0 aromatic heterocycles. The Bertz CT molecular complexity index is 704. The van der Waals surface area contributed by atoms with Crippen LogP contribution in [0.5, 0.6) is 0 Å². The predicted molar refractivity (Wildman–Crippen MR) is 82.0 cm³/mol. The van der Waals surface area contributed by atoms with E-state index in [9.17, 15) is 26.4 Å². The molecular formula is C15H19F3N2O3S. The zero-order valence-electron chi connectivity index (χ0n) is 13.1. The third-order valence-electron chi connectivity index (χ3n) is 3.89. The van der Waals surface area contributed by atoms with E-state index in [1.54, 1.807) is 5.32 Å². The van der Waals surface area contributed by atoms with Gasteiger partial charge >= 0.3 is 6.18 Å². The molecule has 1 fully saturated rings. The topological polar surface area (TPSA) is 66.5 Å². The fourth-order valence-corrected chi connectivity index (χ4v) is 4.39. The van der Waals surface area contributed by atoms with Crippen molar-refractivity contribution in [2.24, 2.45) is 0 Å². The highest BCUT2D eigenvalue weighted by Crippen LogP contribution is 2.25. The van der Waals surface area contributed by atoms with Crippen LogP contribution in [0.2, 0.25) is 0 Å². The van der Waals surface area contributed by atoms with E-state index < -0.39 is 28.7 Å². The molecule has 1 heterocycles. The zero-order valence-corrected chi connectivity index (χ0v) is 14.0. The summed E-state index contributed by atoms with van der Waals surface area (Å²) in [6, 6.07) is 4.94. The second-order valence-electron chi connectivity index (χ2n) is 5.79. The first-order chi connectivity index (χ1) is 11.1. The van der Waals surface area contributed by atoms with Gasteiger partial charge in [-0.05, 0) is 38.0 Å². The van der Waals surface area contributed by atoms with Gasteiger partial charge < -0.3 is 5.32 Å². The van der Waals surface area contributed by atoms with Crippen molar-refractivity contribution < 1.29 is 26.4 Å². The van der Waals surface area contributed by atoms with E-state index >= 15 is 0 Å². The molecule has 5 nitrogen and oxygen atoms in total. The Labute approximate surface area is 138 Å². The Kier molecular flexibility index (Phi) is 5.54. The highest BCUT2D eigenvalue weighted by molar-refractivity contribution is 7.89. The molecule has 1 aromatic rings. The van der Waals surface area contributed by atoms with Crippen LogP contribution < -0.4 is 5.32 Å². The number of alkyl halides is 3. The van der Waals surface area contributed by atoms with Gasteiger partial charge in [-0.15, -0.1) is 0 Å². The number of hydrogen-bond acceptors (Lipinski definition) is 3. The molecule has 1 atom stereocenters. The Hall–Kier alpha value is -1.61. The van der Waals surface area contributed by atoms with Crippen LogP contribution >= 0.6 is 0 Å². The van der Waals surface area contributed by atoms with Crippen LogP contribution in [0.1, 0.15) is 36.5 Å². The highest BCUT2D eigenvalue weighted by Gasteiger charge is 2.32. The van der Waals surface area contributed by atoms with E-state index in [4.69, 9.17) is 0 Å². The van der Waals surface area contributed by atoms with Gasteiger partial charge in [0.15, 0.2) is 0 Å². The van der Waals surface area contributed by atoms with E-state index in [2.05, 4.69) is 0 Å². The minimum Gasteiger partial charge on any atom is -0.343 e. The number of hydrogen-bond donors (Lipinski definition) is 1. The molecule has 1 saturated heterocycles. The van der Waals surface area contributed by atoms with Gasteiger partial charge in [0.1, 0.15) is 6.54 Å². The van der Waals surface area contributed by atoms with Gasteiger partial charge in [-0.1, -0.05) is 12.5 Å². The molecule has 1 aliphatic heterocycles. The highest BCUT2D eigenvalue weighted by atomic mass is 32.2. The van der Waals surface area contributed by atoms with Gasteiger partial charge in [-0.25, -0.2) is 8.42 Å². The predicted octanol–water partition coefficient (Wildman–Crippen LogP) is 2.54. The summed E-state index contributed by atoms with van der Waals surface area (Å²) in [7, 11) is -3.78. The maximum Gasteiger partial charge on any atom is 0.405 e. The van der Waals surface area contributed by atoms with E-state index in [1.807, 2.05) is 6.92 Å². The van der Waals surface area contributed by atoms with Gasteiger partial charge in [0.05, 0.1) is 4.90 Å². The number of piperidine rings is 1. The number of nitrogens with one attached hydrogen (secondary N) is 1. The third kappa shape index (κ3) is 4.47. The molecule has 1 aromatic carbocycles. The summed E-state index contributed by atoms with van der Waals surface area (Å²) in [4.78, 5) is 11.7. The number of carbonyl (C=O) groups is 1. The van der Waals surface area contributed by atoms with Crippen molar-refractivity contribution in [3.63, 3.8) is 0 Å². The van der Waals surface area contributed by atoms with Crippen molar-refractivity contribution in [1.82, 2.24) is 9.62 Å². The smallest absolute Gasteiger partial charge is 0.343 e. The Morgan fingerprint density at radius 2 is 2.04 bits per heavy atom. The lowest BCUT2D eigenvalue weighted by atomic mass is 10.1. The maximum atomic E-state index is 12.7. The van der Waals surface area contributed by atoms with E-state index in [1.165, 1.54) is 22.5 Å². The fraction of sp³-hybridized carbons (Fsp3) is 0.533. The van der Waals surface area contributed by atoms with Crippen LogP contribution in [-0.4, -0.2) is 43.9 Å². The summed E-state index contributed by atoms with van der Waals surface area (Å²) in [6.45, 7) is 0.747. The lowest BCUT2D eigenvalue weighted by Gasteiger charge is -2.32. The molecule has 0 aliphatic carbocycles. The maximum absolute atomic E-state index is 12.7. The lowest BCUT2D eigenvalue weighted by Crippen LogP contribution is -2.42. The number of rotatable bonds is 4. The molecule has 0 spiro atoms. The Morgan fingerprint density at radius 1 is 1.33 bits per heavy atom. The second kappa shape index (κ2) is 7.10. The third-order valence-corrected chi connectivity index (χ3v) is 5.90. The van der Waals surface area contributed by atoms with Gasteiger partial charge in [0.25, 0.3) is 5.91 Å². The molecule has 24 heavy (non-hydrogen) atoms. The molecule has 1 N–H and O–H groups in total. The summed E-state index contributed by atoms with van der Waals surface area (Å²) in [5.74, 6) is -0.962. The molecule has 2 rings (SSSR count). The fourth-order valence-electron chi connectivity index (χ4n) is 2.64. The minimum absolute atomic E-state index is 0.0871. The summed E-state index contributed by atoms with van der Waals surface area (Å²) >= 11 is 0. The first kappa shape index (κ1) is 18.7. The van der Waals surface area contributed by atoms with Crippen molar-refractivity contribution >= 4 is 15.9 Å². The van der Waals surface area contributed by atoms with Crippen LogP contribution in [0.3, 0.4) is 0 Å². The normalized spacial score (nSPS) is 19.9. The molecule has 1 aliphatic rings. The van der Waals surface area contributed by atoms with Gasteiger partial charge in [0.2, 0.25) is 10.0 Å². The monoisotopic (exact) mass is 364 g/mol. The number of sulfonamides is 1. The lowest BCUT2D eigenvalue weighted by molar-refractivity contribution is -0.123. The van der Waals surface area contributed by atoms with Crippen molar-refractivity contribution in [3.8, 4) is 0 Å². The van der Waals surface area contributed by atoms with Crippen LogP contribution in [0.25, 0.3) is 0 Å². The van der Waals surface area contributed by atoms with E-state index in [0.717, 1.165) is 25.3 Å². The molecule has 0 saturated carbocycles. The Balaban J connectivity index is 2.21. The number of benzene rings is 1. The number of nitrogens with zero attached hydrogens (tertiary/aromatic N) is 1. The first-order valence-corrected chi connectivity index (χ1v) is 9.02. The molecule has 0 bridgehead atoms. The average molecular weight is 364 g/mol. The summed E-state index contributed by atoms with van der Waals surface area (Å²) < 4.78 is 63.3. The van der Waals surface area contributed by atoms with E-state index in [0.29, 0.717) is 6.54 Å². The van der Waals surface area contributed by atoms with Gasteiger partial charge in [0, 0.05) is 18.2 Å². The zero-order chi connectivity index (χ0) is 18.0. The van der Waals surface area contributed by atoms with Gasteiger partial charge in [-0.2, -0.15) is 17.5 Å². The van der Waals surface area contributed by atoms with Crippen molar-refractivity contribution in [2.45, 2.75) is 43.3 Å². The summed E-state index contributed by atoms with van der Waals surface area (Å²) in [5.41, 5.74) is -0.120. The van der Waals surface area contributed by atoms with Crippen molar-refractivity contribution in [1.29, 1.82) is 0 Å². The SMILES string of the molecule is CC1CCCCN1S(=O)(=O)c1cccc(C(=O)NCC(F)(F)F)c1. The number of carbonyl (C=O) groups excluding carboxylic acids is 1. The second-order valence-corrected chi connectivity index (χ2v) is 7.68. The molecule has 9 heteroatoms. The van der Waals surface area contributed by atoms with Crippen LogP contribution in [-0.2, 0) is 10.0 Å². The molecule has 1 amide bonds. The molecule has 134 valence electrons.